The average Bonchev–Trinajstić information content (AvgIpc) is 3.45. The third-order valence-corrected chi connectivity index (χ3v) is 5.89. The summed E-state index contributed by atoms with van der Waals surface area (Å²) in [5.74, 6) is 0.949. The van der Waals surface area contributed by atoms with Gasteiger partial charge < -0.3 is 14.8 Å². The Morgan fingerprint density at radius 1 is 1.07 bits per heavy atom. The van der Waals surface area contributed by atoms with E-state index in [4.69, 9.17) is 0 Å². The van der Waals surface area contributed by atoms with Crippen LogP contribution in [0.25, 0.3) is 0 Å². The molecule has 148 valence electrons. The molecule has 1 aromatic heterocycles. The number of nitrogens with one attached hydrogen (secondary N) is 1. The molecule has 29 heavy (non-hydrogen) atoms. The van der Waals surface area contributed by atoms with Crippen LogP contribution < -0.4 is 5.32 Å². The number of carbonyl (C=O) groups is 2. The van der Waals surface area contributed by atoms with Crippen LogP contribution in [-0.2, 0) is 17.9 Å². The van der Waals surface area contributed by atoms with Crippen LogP contribution in [0.4, 0.5) is 0 Å². The summed E-state index contributed by atoms with van der Waals surface area (Å²) in [4.78, 5) is 31.1. The summed E-state index contributed by atoms with van der Waals surface area (Å²) in [7, 11) is 0. The predicted octanol–water partition coefficient (Wildman–Crippen LogP) is 2.76. The number of amides is 2. The maximum absolute atomic E-state index is 12.7. The van der Waals surface area contributed by atoms with Crippen molar-refractivity contribution in [1.29, 1.82) is 0 Å². The zero-order chi connectivity index (χ0) is 20.1. The van der Waals surface area contributed by atoms with Crippen LogP contribution in [0.15, 0.2) is 73.3 Å². The maximum Gasteiger partial charge on any atom is 0.255 e. The number of benzene rings is 2. The molecular formula is C22H22N4O2S. The molecule has 1 aliphatic rings. The maximum atomic E-state index is 12.7. The van der Waals surface area contributed by atoms with E-state index in [1.807, 2.05) is 41.1 Å². The Balaban J connectivity index is 1.33. The molecule has 1 fully saturated rings. The minimum atomic E-state index is -0.437. The van der Waals surface area contributed by atoms with Gasteiger partial charge in [0.1, 0.15) is 6.04 Å². The van der Waals surface area contributed by atoms with Gasteiger partial charge in [-0.1, -0.05) is 42.5 Å². The van der Waals surface area contributed by atoms with Crippen molar-refractivity contribution >= 4 is 23.6 Å². The van der Waals surface area contributed by atoms with Crippen molar-refractivity contribution in [1.82, 2.24) is 19.8 Å². The second kappa shape index (κ2) is 8.96. The lowest BCUT2D eigenvalue weighted by atomic mass is 10.1. The molecule has 0 radical (unpaired) electrons. The van der Waals surface area contributed by atoms with E-state index in [1.54, 1.807) is 41.3 Å². The van der Waals surface area contributed by atoms with Crippen molar-refractivity contribution in [2.75, 3.05) is 11.6 Å². The van der Waals surface area contributed by atoms with E-state index in [0.29, 0.717) is 23.7 Å². The van der Waals surface area contributed by atoms with E-state index in [0.717, 1.165) is 12.1 Å². The highest BCUT2D eigenvalue weighted by atomic mass is 32.2. The van der Waals surface area contributed by atoms with E-state index in [2.05, 4.69) is 22.4 Å². The van der Waals surface area contributed by atoms with Gasteiger partial charge in [-0.3, -0.25) is 9.59 Å². The van der Waals surface area contributed by atoms with E-state index in [1.165, 1.54) is 5.56 Å². The first kappa shape index (κ1) is 19.3. The fraction of sp³-hybridized carbons (Fsp3) is 0.227. The topological polar surface area (TPSA) is 67.2 Å². The predicted molar refractivity (Wildman–Crippen MR) is 113 cm³/mol. The van der Waals surface area contributed by atoms with Crippen LogP contribution in [0, 0.1) is 0 Å². The van der Waals surface area contributed by atoms with Crippen molar-refractivity contribution in [3.8, 4) is 0 Å². The van der Waals surface area contributed by atoms with E-state index < -0.39 is 6.04 Å². The Hall–Kier alpha value is -3.06. The molecular weight excluding hydrogens is 384 g/mol. The fourth-order valence-corrected chi connectivity index (χ4v) is 4.42. The van der Waals surface area contributed by atoms with Gasteiger partial charge in [0, 0.05) is 36.8 Å². The number of hydrogen-bond acceptors (Lipinski definition) is 4. The molecule has 3 aromatic rings. The van der Waals surface area contributed by atoms with Gasteiger partial charge >= 0.3 is 0 Å². The van der Waals surface area contributed by atoms with Crippen molar-refractivity contribution in [2.45, 2.75) is 19.1 Å². The van der Waals surface area contributed by atoms with Crippen molar-refractivity contribution in [2.24, 2.45) is 0 Å². The standard InChI is InChI=1S/C22H22N4O2S/c27-21(20-14-29-16-26(20)22(28)19-4-2-1-3-5-19)24-12-17-6-8-18(9-7-17)13-25-11-10-23-15-25/h1-11,15,20H,12-14,16H2,(H,24,27). The zero-order valence-electron chi connectivity index (χ0n) is 15.9. The molecule has 1 atom stereocenters. The van der Waals surface area contributed by atoms with Gasteiger partial charge in [-0.05, 0) is 23.3 Å². The summed E-state index contributed by atoms with van der Waals surface area (Å²) in [6.07, 6.45) is 5.48. The molecule has 2 heterocycles. The van der Waals surface area contributed by atoms with E-state index in [9.17, 15) is 9.59 Å². The third-order valence-electron chi connectivity index (χ3n) is 4.88. The molecule has 7 heteroatoms. The molecule has 1 aliphatic heterocycles. The normalized spacial score (nSPS) is 16.0. The number of thioether (sulfide) groups is 1. The van der Waals surface area contributed by atoms with Crippen LogP contribution in [-0.4, -0.2) is 43.9 Å². The lowest BCUT2D eigenvalue weighted by Gasteiger charge is -2.23. The Labute approximate surface area is 173 Å². The number of imidazole rings is 1. The second-order valence-electron chi connectivity index (χ2n) is 6.93. The van der Waals surface area contributed by atoms with Crippen molar-refractivity contribution in [3.05, 3.63) is 90.0 Å². The minimum absolute atomic E-state index is 0.0976. The number of aromatic nitrogens is 2. The summed E-state index contributed by atoms with van der Waals surface area (Å²) >= 11 is 1.60. The Morgan fingerprint density at radius 3 is 2.55 bits per heavy atom. The Kier molecular flexibility index (Phi) is 5.95. The summed E-state index contributed by atoms with van der Waals surface area (Å²) < 4.78 is 2.01. The van der Waals surface area contributed by atoms with Gasteiger partial charge in [0.15, 0.2) is 0 Å². The summed E-state index contributed by atoms with van der Waals surface area (Å²) in [5.41, 5.74) is 2.81. The van der Waals surface area contributed by atoms with Crippen LogP contribution in [0.1, 0.15) is 21.5 Å². The first-order chi connectivity index (χ1) is 14.2. The average molecular weight is 407 g/mol. The van der Waals surface area contributed by atoms with Crippen LogP contribution in [0.3, 0.4) is 0 Å². The third kappa shape index (κ3) is 4.68. The molecule has 2 aromatic carbocycles. The quantitative estimate of drug-likeness (QED) is 0.684. The number of nitrogens with zero attached hydrogens (tertiary/aromatic N) is 3. The fourth-order valence-electron chi connectivity index (χ4n) is 3.27. The molecule has 0 aliphatic carbocycles. The molecule has 1 saturated heterocycles. The molecule has 0 bridgehead atoms. The van der Waals surface area contributed by atoms with Crippen LogP contribution in [0.2, 0.25) is 0 Å². The lowest BCUT2D eigenvalue weighted by molar-refractivity contribution is -0.124. The van der Waals surface area contributed by atoms with Gasteiger partial charge in [0.05, 0.1) is 12.2 Å². The summed E-state index contributed by atoms with van der Waals surface area (Å²) in [6, 6.07) is 16.8. The van der Waals surface area contributed by atoms with Gasteiger partial charge in [-0.15, -0.1) is 11.8 Å². The molecule has 6 nitrogen and oxygen atoms in total. The first-order valence-electron chi connectivity index (χ1n) is 9.46. The molecule has 0 spiro atoms. The molecule has 2 amide bonds. The second-order valence-corrected chi connectivity index (χ2v) is 7.93. The number of carbonyl (C=O) groups excluding carboxylic acids is 2. The number of hydrogen-bond donors (Lipinski definition) is 1. The zero-order valence-corrected chi connectivity index (χ0v) is 16.7. The summed E-state index contributed by atoms with van der Waals surface area (Å²) in [5, 5.41) is 2.98. The SMILES string of the molecule is O=C(NCc1ccc(Cn2ccnc2)cc1)C1CSCN1C(=O)c1ccccc1. The molecule has 1 unspecified atom stereocenters. The molecule has 4 rings (SSSR count). The molecule has 1 N–H and O–H groups in total. The van der Waals surface area contributed by atoms with Crippen LogP contribution in [0.5, 0.6) is 0 Å². The van der Waals surface area contributed by atoms with E-state index >= 15 is 0 Å². The highest BCUT2D eigenvalue weighted by Gasteiger charge is 2.34. The monoisotopic (exact) mass is 406 g/mol. The summed E-state index contributed by atoms with van der Waals surface area (Å²) in [6.45, 7) is 1.21. The Bertz CT molecular complexity index is 958. The largest absolute Gasteiger partial charge is 0.350 e. The molecule has 0 saturated carbocycles. The van der Waals surface area contributed by atoms with Gasteiger partial charge in [0.2, 0.25) is 5.91 Å². The highest BCUT2D eigenvalue weighted by molar-refractivity contribution is 7.99. The minimum Gasteiger partial charge on any atom is -0.350 e. The van der Waals surface area contributed by atoms with Gasteiger partial charge in [-0.2, -0.15) is 0 Å². The lowest BCUT2D eigenvalue weighted by Crippen LogP contribution is -2.47. The number of rotatable bonds is 6. The van der Waals surface area contributed by atoms with E-state index in [-0.39, 0.29) is 11.8 Å². The first-order valence-corrected chi connectivity index (χ1v) is 10.6. The Morgan fingerprint density at radius 2 is 1.83 bits per heavy atom. The smallest absolute Gasteiger partial charge is 0.255 e. The van der Waals surface area contributed by atoms with Gasteiger partial charge in [-0.25, -0.2) is 4.98 Å². The highest BCUT2D eigenvalue weighted by Crippen LogP contribution is 2.23. The van der Waals surface area contributed by atoms with Gasteiger partial charge in [0.25, 0.3) is 5.91 Å². The van der Waals surface area contributed by atoms with Crippen molar-refractivity contribution in [3.63, 3.8) is 0 Å². The van der Waals surface area contributed by atoms with Crippen LogP contribution >= 0.6 is 11.8 Å². The van der Waals surface area contributed by atoms with Crippen molar-refractivity contribution < 1.29 is 9.59 Å².